The summed E-state index contributed by atoms with van der Waals surface area (Å²) in [4.78, 5) is 0. The Hall–Kier alpha value is -0.300. The van der Waals surface area contributed by atoms with E-state index in [1.54, 1.807) is 0 Å². The molecule has 1 saturated carbocycles. The minimum Gasteiger partial charge on any atom is -0.316 e. The zero-order chi connectivity index (χ0) is 13.4. The third kappa shape index (κ3) is 6.04. The molecule has 0 saturated heterocycles. The maximum Gasteiger partial charge on any atom is -0.00176 e. The highest BCUT2D eigenvalue weighted by atomic mass is 14.9. The van der Waals surface area contributed by atoms with Gasteiger partial charge in [0.05, 0.1) is 0 Å². The van der Waals surface area contributed by atoms with Crippen molar-refractivity contribution in [2.45, 2.75) is 65.7 Å². The van der Waals surface area contributed by atoms with Gasteiger partial charge in [0.2, 0.25) is 0 Å². The molecule has 0 aliphatic heterocycles. The van der Waals surface area contributed by atoms with Gasteiger partial charge in [-0.05, 0) is 56.5 Å². The summed E-state index contributed by atoms with van der Waals surface area (Å²) in [5.41, 5.74) is 1.45. The molecule has 0 bridgehead atoms. The predicted octanol–water partition coefficient (Wildman–Crippen LogP) is 4.78. The molecule has 1 aliphatic rings. The van der Waals surface area contributed by atoms with Crippen LogP contribution >= 0.6 is 0 Å². The highest BCUT2D eigenvalue weighted by molar-refractivity contribution is 4.96. The van der Waals surface area contributed by atoms with Gasteiger partial charge >= 0.3 is 0 Å². The van der Waals surface area contributed by atoms with Crippen LogP contribution in [0.4, 0.5) is 0 Å². The van der Waals surface area contributed by atoms with E-state index in [1.165, 1.54) is 50.6 Å². The Kier molecular flexibility index (Phi) is 7.65. The monoisotopic (exact) mass is 251 g/mol. The fourth-order valence-electron chi connectivity index (χ4n) is 3.07. The van der Waals surface area contributed by atoms with Gasteiger partial charge in [0, 0.05) is 0 Å². The summed E-state index contributed by atoms with van der Waals surface area (Å²) in [6.07, 6.45) is 9.58. The van der Waals surface area contributed by atoms with E-state index >= 15 is 0 Å². The molecule has 1 heteroatoms. The summed E-state index contributed by atoms with van der Waals surface area (Å²) in [5, 5.41) is 3.67. The average Bonchev–Trinajstić information content (AvgIpc) is 2.54. The molecule has 2 unspecified atom stereocenters. The lowest BCUT2D eigenvalue weighted by atomic mass is 9.83. The molecule has 1 aliphatic carbocycles. The predicted molar refractivity (Wildman–Crippen MR) is 81.8 cm³/mol. The van der Waals surface area contributed by atoms with E-state index in [1.807, 2.05) is 0 Å². The van der Waals surface area contributed by atoms with Crippen LogP contribution in [0, 0.1) is 17.8 Å². The molecule has 2 atom stereocenters. The Bertz CT molecular complexity index is 232. The number of hydrogen-bond acceptors (Lipinski definition) is 1. The molecule has 0 aromatic rings. The lowest BCUT2D eigenvalue weighted by Crippen LogP contribution is -2.30. The van der Waals surface area contributed by atoms with Crippen molar-refractivity contribution in [3.8, 4) is 0 Å². The van der Waals surface area contributed by atoms with Crippen LogP contribution in [0.15, 0.2) is 12.2 Å². The van der Waals surface area contributed by atoms with Gasteiger partial charge in [0.15, 0.2) is 0 Å². The number of rotatable bonds is 7. The van der Waals surface area contributed by atoms with Crippen molar-refractivity contribution in [3.63, 3.8) is 0 Å². The first kappa shape index (κ1) is 15.8. The normalized spacial score (nSPS) is 25.1. The topological polar surface area (TPSA) is 12.0 Å². The molecular weight excluding hydrogens is 218 g/mol. The van der Waals surface area contributed by atoms with E-state index in [9.17, 15) is 0 Å². The Morgan fingerprint density at radius 2 is 1.83 bits per heavy atom. The molecule has 0 aromatic heterocycles. The van der Waals surface area contributed by atoms with Crippen LogP contribution in [0.25, 0.3) is 0 Å². The van der Waals surface area contributed by atoms with Gasteiger partial charge in [0.1, 0.15) is 0 Å². The fourth-order valence-corrected chi connectivity index (χ4v) is 3.07. The largest absolute Gasteiger partial charge is 0.316 e. The van der Waals surface area contributed by atoms with Crippen LogP contribution in [0.5, 0.6) is 0 Å². The molecule has 106 valence electrons. The SMILES string of the molecule is C=C(CC)CC1CCCCCC1CNCC(C)C. The van der Waals surface area contributed by atoms with Crippen molar-refractivity contribution in [1.82, 2.24) is 5.32 Å². The van der Waals surface area contributed by atoms with Gasteiger partial charge in [-0.25, -0.2) is 0 Å². The minimum atomic E-state index is 0.764. The lowest BCUT2D eigenvalue weighted by Gasteiger charge is -2.26. The molecule has 0 aromatic carbocycles. The van der Waals surface area contributed by atoms with Crippen molar-refractivity contribution in [2.75, 3.05) is 13.1 Å². The second-order valence-corrected chi connectivity index (χ2v) is 6.52. The molecule has 18 heavy (non-hydrogen) atoms. The smallest absolute Gasteiger partial charge is 0.00176 e. The van der Waals surface area contributed by atoms with Crippen molar-refractivity contribution in [3.05, 3.63) is 12.2 Å². The van der Waals surface area contributed by atoms with Crippen molar-refractivity contribution in [1.29, 1.82) is 0 Å². The van der Waals surface area contributed by atoms with Crippen LogP contribution in [-0.4, -0.2) is 13.1 Å². The molecule has 0 spiro atoms. The van der Waals surface area contributed by atoms with E-state index in [-0.39, 0.29) is 0 Å². The first-order chi connectivity index (χ1) is 8.63. The van der Waals surface area contributed by atoms with E-state index < -0.39 is 0 Å². The van der Waals surface area contributed by atoms with E-state index in [0.717, 1.165) is 30.7 Å². The van der Waals surface area contributed by atoms with Crippen LogP contribution < -0.4 is 5.32 Å². The minimum absolute atomic E-state index is 0.764. The summed E-state index contributed by atoms with van der Waals surface area (Å²) < 4.78 is 0. The van der Waals surface area contributed by atoms with Gasteiger partial charge in [-0.1, -0.05) is 52.2 Å². The highest BCUT2D eigenvalue weighted by Gasteiger charge is 2.23. The Balaban J connectivity index is 2.43. The molecule has 0 amide bonds. The van der Waals surface area contributed by atoms with Crippen LogP contribution in [0.1, 0.15) is 65.7 Å². The third-order valence-electron chi connectivity index (χ3n) is 4.33. The summed E-state index contributed by atoms with van der Waals surface area (Å²) in [7, 11) is 0. The molecule has 1 rings (SSSR count). The second kappa shape index (κ2) is 8.74. The zero-order valence-electron chi connectivity index (χ0n) is 12.8. The van der Waals surface area contributed by atoms with Crippen molar-refractivity contribution >= 4 is 0 Å². The fraction of sp³-hybridized carbons (Fsp3) is 0.882. The van der Waals surface area contributed by atoms with Crippen LogP contribution in [0.2, 0.25) is 0 Å². The number of allylic oxidation sites excluding steroid dienone is 1. The third-order valence-corrected chi connectivity index (χ3v) is 4.33. The first-order valence-electron chi connectivity index (χ1n) is 8.00. The van der Waals surface area contributed by atoms with Gasteiger partial charge in [-0.15, -0.1) is 0 Å². The Labute approximate surface area is 114 Å². The van der Waals surface area contributed by atoms with Crippen LogP contribution in [-0.2, 0) is 0 Å². The van der Waals surface area contributed by atoms with E-state index in [2.05, 4.69) is 32.7 Å². The maximum absolute atomic E-state index is 4.22. The maximum atomic E-state index is 4.22. The molecule has 1 fully saturated rings. The van der Waals surface area contributed by atoms with E-state index in [4.69, 9.17) is 0 Å². The van der Waals surface area contributed by atoms with Crippen molar-refractivity contribution in [2.24, 2.45) is 17.8 Å². The highest BCUT2D eigenvalue weighted by Crippen LogP contribution is 2.33. The number of nitrogens with one attached hydrogen (secondary N) is 1. The Morgan fingerprint density at radius 1 is 1.17 bits per heavy atom. The quantitative estimate of drug-likeness (QED) is 0.507. The first-order valence-corrected chi connectivity index (χ1v) is 8.00. The van der Waals surface area contributed by atoms with Gasteiger partial charge in [-0.3, -0.25) is 0 Å². The average molecular weight is 251 g/mol. The summed E-state index contributed by atoms with van der Waals surface area (Å²) in [6, 6.07) is 0. The number of hydrogen-bond donors (Lipinski definition) is 1. The summed E-state index contributed by atoms with van der Waals surface area (Å²) in [6.45, 7) is 13.4. The zero-order valence-corrected chi connectivity index (χ0v) is 12.8. The Morgan fingerprint density at radius 3 is 2.44 bits per heavy atom. The van der Waals surface area contributed by atoms with E-state index in [0.29, 0.717) is 0 Å². The summed E-state index contributed by atoms with van der Waals surface area (Å²) in [5.74, 6) is 2.54. The van der Waals surface area contributed by atoms with Gasteiger partial charge in [0.25, 0.3) is 0 Å². The molecule has 1 nitrogen and oxygen atoms in total. The molecule has 0 heterocycles. The second-order valence-electron chi connectivity index (χ2n) is 6.52. The standard InChI is InChI=1S/C17H33N/c1-5-15(4)11-16-9-7-6-8-10-17(16)13-18-12-14(2)3/h14,16-18H,4-13H2,1-3H3. The molecular formula is C17H33N. The molecule has 1 N–H and O–H groups in total. The van der Waals surface area contributed by atoms with Crippen LogP contribution in [0.3, 0.4) is 0 Å². The van der Waals surface area contributed by atoms with Crippen molar-refractivity contribution < 1.29 is 0 Å². The van der Waals surface area contributed by atoms with Gasteiger partial charge in [-0.2, -0.15) is 0 Å². The summed E-state index contributed by atoms with van der Waals surface area (Å²) >= 11 is 0. The van der Waals surface area contributed by atoms with Gasteiger partial charge < -0.3 is 5.32 Å². The molecule has 0 radical (unpaired) electrons. The lowest BCUT2D eigenvalue weighted by molar-refractivity contribution is 0.292.